The van der Waals surface area contributed by atoms with Crippen LogP contribution < -0.4 is 10.1 Å². The Kier molecular flexibility index (Phi) is 3.80. The first kappa shape index (κ1) is 11.7. The number of rotatable bonds is 3. The van der Waals surface area contributed by atoms with Crippen LogP contribution in [-0.4, -0.2) is 28.3 Å². The largest absolute Gasteiger partial charge is 0.490 e. The van der Waals surface area contributed by atoms with E-state index in [2.05, 4.69) is 10.3 Å². The minimum absolute atomic E-state index is 0.0739. The van der Waals surface area contributed by atoms with Crippen molar-refractivity contribution in [2.45, 2.75) is 37.8 Å². The van der Waals surface area contributed by atoms with Gasteiger partial charge in [-0.05, 0) is 37.8 Å². The highest BCUT2D eigenvalue weighted by molar-refractivity contribution is 5.64. The Morgan fingerprint density at radius 3 is 2.53 bits per heavy atom. The van der Waals surface area contributed by atoms with Gasteiger partial charge in [-0.15, -0.1) is 0 Å². The SMILES string of the molecule is O=C(O)NC1CCC(Oc2ccncc2)CC1. The third-order valence-electron chi connectivity index (χ3n) is 2.95. The summed E-state index contributed by atoms with van der Waals surface area (Å²) in [4.78, 5) is 14.4. The number of hydrogen-bond acceptors (Lipinski definition) is 3. The second kappa shape index (κ2) is 5.52. The summed E-state index contributed by atoms with van der Waals surface area (Å²) < 4.78 is 5.79. The molecule has 0 unspecified atom stereocenters. The Labute approximate surface area is 99.8 Å². The van der Waals surface area contributed by atoms with Crippen molar-refractivity contribution < 1.29 is 14.6 Å². The minimum atomic E-state index is -0.941. The van der Waals surface area contributed by atoms with Crippen LogP contribution in [0.15, 0.2) is 24.5 Å². The third-order valence-corrected chi connectivity index (χ3v) is 2.95. The highest BCUT2D eigenvalue weighted by atomic mass is 16.5. The molecule has 1 saturated carbocycles. The van der Waals surface area contributed by atoms with E-state index < -0.39 is 6.09 Å². The van der Waals surface area contributed by atoms with Gasteiger partial charge in [-0.25, -0.2) is 4.79 Å². The molecule has 1 heterocycles. The predicted octanol–water partition coefficient (Wildman–Crippen LogP) is 2.04. The number of nitrogens with zero attached hydrogens (tertiary/aromatic N) is 1. The molecule has 0 spiro atoms. The molecule has 0 bridgehead atoms. The van der Waals surface area contributed by atoms with Crippen LogP contribution in [0.5, 0.6) is 5.75 Å². The number of aromatic nitrogens is 1. The summed E-state index contributed by atoms with van der Waals surface area (Å²) in [6.07, 6.45) is 6.08. The van der Waals surface area contributed by atoms with Crippen molar-refractivity contribution in [3.8, 4) is 5.75 Å². The maximum atomic E-state index is 10.5. The fourth-order valence-corrected chi connectivity index (χ4v) is 2.11. The number of carbonyl (C=O) groups is 1. The summed E-state index contributed by atoms with van der Waals surface area (Å²) >= 11 is 0. The van der Waals surface area contributed by atoms with E-state index in [4.69, 9.17) is 9.84 Å². The second-order valence-electron chi connectivity index (χ2n) is 4.22. The molecule has 1 aromatic heterocycles. The van der Waals surface area contributed by atoms with Gasteiger partial charge in [0.1, 0.15) is 5.75 Å². The average Bonchev–Trinajstić information content (AvgIpc) is 2.32. The third kappa shape index (κ3) is 3.62. The fourth-order valence-electron chi connectivity index (χ4n) is 2.11. The van der Waals surface area contributed by atoms with Gasteiger partial charge >= 0.3 is 6.09 Å². The highest BCUT2D eigenvalue weighted by Gasteiger charge is 2.23. The zero-order valence-electron chi connectivity index (χ0n) is 9.50. The monoisotopic (exact) mass is 236 g/mol. The molecule has 1 aliphatic carbocycles. The van der Waals surface area contributed by atoms with Crippen molar-refractivity contribution >= 4 is 6.09 Å². The summed E-state index contributed by atoms with van der Waals surface area (Å²) in [7, 11) is 0. The molecule has 92 valence electrons. The van der Waals surface area contributed by atoms with Crippen LogP contribution in [0, 0.1) is 0 Å². The normalized spacial score (nSPS) is 24.0. The fraction of sp³-hybridized carbons (Fsp3) is 0.500. The molecule has 0 radical (unpaired) electrons. The molecule has 1 aromatic rings. The van der Waals surface area contributed by atoms with Crippen molar-refractivity contribution in [1.29, 1.82) is 0 Å². The molecule has 5 heteroatoms. The molecule has 0 atom stereocenters. The lowest BCUT2D eigenvalue weighted by atomic mass is 9.93. The van der Waals surface area contributed by atoms with E-state index in [-0.39, 0.29) is 12.1 Å². The van der Waals surface area contributed by atoms with Gasteiger partial charge in [0, 0.05) is 18.4 Å². The van der Waals surface area contributed by atoms with E-state index in [1.54, 1.807) is 12.4 Å². The molecule has 1 fully saturated rings. The van der Waals surface area contributed by atoms with E-state index in [0.717, 1.165) is 31.4 Å². The van der Waals surface area contributed by atoms with Gasteiger partial charge < -0.3 is 15.2 Å². The van der Waals surface area contributed by atoms with Crippen LogP contribution in [0.3, 0.4) is 0 Å². The molecule has 0 aliphatic heterocycles. The first-order chi connectivity index (χ1) is 8.24. The van der Waals surface area contributed by atoms with Gasteiger partial charge in [0.2, 0.25) is 0 Å². The first-order valence-electron chi connectivity index (χ1n) is 5.80. The number of nitrogens with one attached hydrogen (secondary N) is 1. The zero-order valence-corrected chi connectivity index (χ0v) is 9.50. The lowest BCUT2D eigenvalue weighted by Gasteiger charge is -2.28. The standard InChI is InChI=1S/C12H16N2O3/c15-12(16)14-9-1-3-10(4-2-9)17-11-5-7-13-8-6-11/h5-10,14H,1-4H2,(H,15,16). The Balaban J connectivity index is 1.78. The predicted molar refractivity (Wildman–Crippen MR) is 62.1 cm³/mol. The number of ether oxygens (including phenoxy) is 1. The number of pyridine rings is 1. The number of amides is 1. The van der Waals surface area contributed by atoms with Gasteiger partial charge in [-0.3, -0.25) is 4.98 Å². The topological polar surface area (TPSA) is 71.5 Å². The molecule has 1 aliphatic rings. The Morgan fingerprint density at radius 2 is 1.94 bits per heavy atom. The highest BCUT2D eigenvalue weighted by Crippen LogP contribution is 2.23. The Bertz CT molecular complexity index is 361. The molecule has 0 saturated heterocycles. The summed E-state index contributed by atoms with van der Waals surface area (Å²) in [5, 5.41) is 11.1. The van der Waals surface area contributed by atoms with Crippen molar-refractivity contribution in [2.75, 3.05) is 0 Å². The second-order valence-corrected chi connectivity index (χ2v) is 4.22. The molecule has 5 nitrogen and oxygen atoms in total. The smallest absolute Gasteiger partial charge is 0.404 e. The number of carboxylic acid groups (broad SMARTS) is 1. The van der Waals surface area contributed by atoms with Crippen molar-refractivity contribution in [1.82, 2.24) is 10.3 Å². The molecular weight excluding hydrogens is 220 g/mol. The van der Waals surface area contributed by atoms with Crippen molar-refractivity contribution in [2.24, 2.45) is 0 Å². The van der Waals surface area contributed by atoms with Crippen LogP contribution in [-0.2, 0) is 0 Å². The van der Waals surface area contributed by atoms with E-state index in [9.17, 15) is 4.79 Å². The Hall–Kier alpha value is -1.78. The van der Waals surface area contributed by atoms with Crippen LogP contribution >= 0.6 is 0 Å². The van der Waals surface area contributed by atoms with Crippen molar-refractivity contribution in [3.05, 3.63) is 24.5 Å². The van der Waals surface area contributed by atoms with Gasteiger partial charge in [-0.1, -0.05) is 0 Å². The summed E-state index contributed by atoms with van der Waals surface area (Å²) in [5.74, 6) is 0.828. The van der Waals surface area contributed by atoms with Crippen LogP contribution in [0.2, 0.25) is 0 Å². The zero-order chi connectivity index (χ0) is 12.1. The minimum Gasteiger partial charge on any atom is -0.490 e. The van der Waals surface area contributed by atoms with Crippen LogP contribution in [0.4, 0.5) is 4.79 Å². The molecule has 2 N–H and O–H groups in total. The van der Waals surface area contributed by atoms with Gasteiger partial charge in [-0.2, -0.15) is 0 Å². The number of hydrogen-bond donors (Lipinski definition) is 2. The van der Waals surface area contributed by atoms with E-state index in [1.165, 1.54) is 0 Å². The molecular formula is C12H16N2O3. The van der Waals surface area contributed by atoms with Crippen molar-refractivity contribution in [3.63, 3.8) is 0 Å². The van der Waals surface area contributed by atoms with Crippen LogP contribution in [0.1, 0.15) is 25.7 Å². The van der Waals surface area contributed by atoms with Gasteiger partial charge in [0.05, 0.1) is 6.10 Å². The molecule has 2 rings (SSSR count). The lowest BCUT2D eigenvalue weighted by molar-refractivity contribution is 0.134. The maximum absolute atomic E-state index is 10.5. The lowest BCUT2D eigenvalue weighted by Crippen LogP contribution is -2.38. The summed E-state index contributed by atoms with van der Waals surface area (Å²) in [5.41, 5.74) is 0. The summed E-state index contributed by atoms with van der Waals surface area (Å²) in [6, 6.07) is 3.74. The molecule has 0 aromatic carbocycles. The Morgan fingerprint density at radius 1 is 1.29 bits per heavy atom. The first-order valence-corrected chi connectivity index (χ1v) is 5.80. The van der Waals surface area contributed by atoms with Crippen LogP contribution in [0.25, 0.3) is 0 Å². The molecule has 1 amide bonds. The van der Waals surface area contributed by atoms with Gasteiger partial charge in [0.25, 0.3) is 0 Å². The van der Waals surface area contributed by atoms with E-state index in [0.29, 0.717) is 0 Å². The average molecular weight is 236 g/mol. The molecule has 17 heavy (non-hydrogen) atoms. The quantitative estimate of drug-likeness (QED) is 0.842. The van der Waals surface area contributed by atoms with E-state index >= 15 is 0 Å². The van der Waals surface area contributed by atoms with Gasteiger partial charge in [0.15, 0.2) is 0 Å². The summed E-state index contributed by atoms with van der Waals surface area (Å²) in [6.45, 7) is 0. The van der Waals surface area contributed by atoms with E-state index in [1.807, 2.05) is 12.1 Å². The maximum Gasteiger partial charge on any atom is 0.404 e.